The van der Waals surface area contributed by atoms with Crippen LogP contribution in [0.2, 0.25) is 0 Å². The molecule has 1 saturated heterocycles. The molecule has 22 heavy (non-hydrogen) atoms. The molecule has 0 unspecified atom stereocenters. The topological polar surface area (TPSA) is 57.3 Å². The van der Waals surface area contributed by atoms with Gasteiger partial charge < -0.3 is 15.5 Å². The molecule has 6 heteroatoms. The van der Waals surface area contributed by atoms with Gasteiger partial charge in [0.05, 0.1) is 0 Å². The number of amides is 2. The van der Waals surface area contributed by atoms with E-state index in [2.05, 4.69) is 21.9 Å². The van der Waals surface area contributed by atoms with Gasteiger partial charge in [-0.2, -0.15) is 11.8 Å². The summed E-state index contributed by atoms with van der Waals surface area (Å²) in [5.74, 6) is 1.79. The van der Waals surface area contributed by atoms with Crippen molar-refractivity contribution in [3.63, 3.8) is 0 Å². The molecule has 0 bridgehead atoms. The van der Waals surface area contributed by atoms with E-state index in [0.717, 1.165) is 43.1 Å². The van der Waals surface area contributed by atoms with Crippen LogP contribution < -0.4 is 10.6 Å². The lowest BCUT2D eigenvalue weighted by molar-refractivity contribution is 0.171. The SMILES string of the molecule is CSC[C@@H]1CCCN(C(=O)NCCNc2ccncc2C)C1. The lowest BCUT2D eigenvalue weighted by Gasteiger charge is -2.32. The molecule has 0 aliphatic carbocycles. The Labute approximate surface area is 137 Å². The number of anilines is 1. The average molecular weight is 322 g/mol. The number of likely N-dealkylation sites (tertiary alicyclic amines) is 1. The smallest absolute Gasteiger partial charge is 0.317 e. The minimum atomic E-state index is 0.0686. The summed E-state index contributed by atoms with van der Waals surface area (Å²) in [4.78, 5) is 18.2. The minimum Gasteiger partial charge on any atom is -0.383 e. The fourth-order valence-electron chi connectivity index (χ4n) is 2.77. The number of rotatable bonds is 6. The van der Waals surface area contributed by atoms with Crippen LogP contribution in [-0.2, 0) is 0 Å². The van der Waals surface area contributed by atoms with Crippen molar-refractivity contribution in [2.24, 2.45) is 5.92 Å². The van der Waals surface area contributed by atoms with Crippen molar-refractivity contribution >= 4 is 23.5 Å². The number of pyridine rings is 1. The first kappa shape index (κ1) is 16.9. The Morgan fingerprint density at radius 3 is 3.14 bits per heavy atom. The van der Waals surface area contributed by atoms with Crippen LogP contribution in [0.1, 0.15) is 18.4 Å². The number of nitrogens with zero attached hydrogens (tertiary/aromatic N) is 2. The number of piperidine rings is 1. The number of hydrogen-bond acceptors (Lipinski definition) is 4. The Bertz CT molecular complexity index is 481. The van der Waals surface area contributed by atoms with Gasteiger partial charge in [0.15, 0.2) is 0 Å². The van der Waals surface area contributed by atoms with Gasteiger partial charge in [-0.25, -0.2) is 4.79 Å². The van der Waals surface area contributed by atoms with Crippen LogP contribution in [0.15, 0.2) is 18.5 Å². The first-order chi connectivity index (χ1) is 10.7. The molecule has 2 N–H and O–H groups in total. The molecule has 0 aromatic carbocycles. The van der Waals surface area contributed by atoms with Crippen LogP contribution in [0.3, 0.4) is 0 Å². The second-order valence-corrected chi connectivity index (χ2v) is 6.67. The molecule has 122 valence electrons. The van der Waals surface area contributed by atoms with E-state index >= 15 is 0 Å². The summed E-state index contributed by atoms with van der Waals surface area (Å²) < 4.78 is 0. The van der Waals surface area contributed by atoms with Crippen molar-refractivity contribution in [2.45, 2.75) is 19.8 Å². The molecule has 2 rings (SSSR count). The molecule has 1 aliphatic rings. The highest BCUT2D eigenvalue weighted by Crippen LogP contribution is 2.19. The zero-order valence-electron chi connectivity index (χ0n) is 13.5. The fourth-order valence-corrected chi connectivity index (χ4v) is 3.51. The summed E-state index contributed by atoms with van der Waals surface area (Å²) in [7, 11) is 0. The third kappa shape index (κ3) is 5.09. The molecule has 0 saturated carbocycles. The molecule has 1 aromatic rings. The van der Waals surface area contributed by atoms with Crippen LogP contribution in [0, 0.1) is 12.8 Å². The standard InChI is InChI=1S/C16H26N4OS/c1-13-10-17-6-5-15(13)18-7-8-19-16(21)20-9-3-4-14(11-20)12-22-2/h5-6,10,14H,3-4,7-9,11-12H2,1-2H3,(H,17,18)(H,19,21)/t14-/m1/s1. The number of aryl methyl sites for hydroxylation is 1. The Kier molecular flexibility index (Phi) is 6.83. The summed E-state index contributed by atoms with van der Waals surface area (Å²) >= 11 is 1.87. The maximum Gasteiger partial charge on any atom is 0.317 e. The molecule has 0 radical (unpaired) electrons. The highest BCUT2D eigenvalue weighted by molar-refractivity contribution is 7.98. The maximum absolute atomic E-state index is 12.2. The summed E-state index contributed by atoms with van der Waals surface area (Å²) in [6.07, 6.45) is 8.10. The largest absolute Gasteiger partial charge is 0.383 e. The summed E-state index contributed by atoms with van der Waals surface area (Å²) in [5.41, 5.74) is 2.19. The zero-order chi connectivity index (χ0) is 15.8. The molecule has 1 aromatic heterocycles. The first-order valence-corrected chi connectivity index (χ1v) is 9.26. The fraction of sp³-hybridized carbons (Fsp3) is 0.625. The van der Waals surface area contributed by atoms with Gasteiger partial charge in [-0.05, 0) is 49.3 Å². The van der Waals surface area contributed by atoms with E-state index in [4.69, 9.17) is 0 Å². The molecule has 5 nitrogen and oxygen atoms in total. The third-order valence-electron chi connectivity index (χ3n) is 3.95. The van der Waals surface area contributed by atoms with E-state index in [9.17, 15) is 4.79 Å². The Hall–Kier alpha value is -1.43. The van der Waals surface area contributed by atoms with Gasteiger partial charge in [0.2, 0.25) is 0 Å². The lowest BCUT2D eigenvalue weighted by atomic mass is 10.0. The van der Waals surface area contributed by atoms with Crippen LogP contribution in [0.4, 0.5) is 10.5 Å². The molecular weight excluding hydrogens is 296 g/mol. The van der Waals surface area contributed by atoms with Gasteiger partial charge >= 0.3 is 6.03 Å². The number of carbonyl (C=O) groups excluding carboxylic acids is 1. The summed E-state index contributed by atoms with van der Waals surface area (Å²) in [6, 6.07) is 2.02. The molecular formula is C16H26N4OS. The summed E-state index contributed by atoms with van der Waals surface area (Å²) in [6.45, 7) is 5.15. The Morgan fingerprint density at radius 2 is 2.36 bits per heavy atom. The number of carbonyl (C=O) groups is 1. The molecule has 1 atom stereocenters. The predicted octanol–water partition coefficient (Wildman–Crippen LogP) is 2.59. The molecule has 2 heterocycles. The third-order valence-corrected chi connectivity index (χ3v) is 4.75. The van der Waals surface area contributed by atoms with E-state index in [-0.39, 0.29) is 6.03 Å². The quantitative estimate of drug-likeness (QED) is 0.791. The number of thioether (sulfide) groups is 1. The molecule has 1 aliphatic heterocycles. The van der Waals surface area contributed by atoms with Gasteiger partial charge in [0.1, 0.15) is 0 Å². The van der Waals surface area contributed by atoms with Crippen molar-refractivity contribution in [2.75, 3.05) is 43.5 Å². The average Bonchev–Trinajstić information content (AvgIpc) is 2.53. The van der Waals surface area contributed by atoms with Gasteiger partial charge in [-0.15, -0.1) is 0 Å². The van der Waals surface area contributed by atoms with Gasteiger partial charge in [0, 0.05) is 44.3 Å². The summed E-state index contributed by atoms with van der Waals surface area (Å²) in [5, 5.41) is 6.33. The first-order valence-electron chi connectivity index (χ1n) is 7.87. The second-order valence-electron chi connectivity index (χ2n) is 5.76. The maximum atomic E-state index is 12.2. The van der Waals surface area contributed by atoms with Crippen LogP contribution in [-0.4, -0.2) is 54.1 Å². The van der Waals surface area contributed by atoms with E-state index in [1.165, 1.54) is 6.42 Å². The van der Waals surface area contributed by atoms with Crippen molar-refractivity contribution in [1.82, 2.24) is 15.2 Å². The van der Waals surface area contributed by atoms with E-state index < -0.39 is 0 Å². The second kappa shape index (κ2) is 8.88. The lowest BCUT2D eigenvalue weighted by Crippen LogP contribution is -2.46. The number of nitrogens with one attached hydrogen (secondary N) is 2. The van der Waals surface area contributed by atoms with Gasteiger partial charge in [-0.1, -0.05) is 0 Å². The van der Waals surface area contributed by atoms with E-state index in [1.807, 2.05) is 35.8 Å². The molecule has 1 fully saturated rings. The van der Waals surface area contributed by atoms with Crippen LogP contribution in [0.5, 0.6) is 0 Å². The minimum absolute atomic E-state index is 0.0686. The Balaban J connectivity index is 1.68. The molecule has 0 spiro atoms. The van der Waals surface area contributed by atoms with Gasteiger partial charge in [-0.3, -0.25) is 4.98 Å². The molecule has 2 amide bonds. The van der Waals surface area contributed by atoms with E-state index in [0.29, 0.717) is 12.5 Å². The van der Waals surface area contributed by atoms with Crippen molar-refractivity contribution < 1.29 is 4.79 Å². The van der Waals surface area contributed by atoms with Crippen molar-refractivity contribution in [3.8, 4) is 0 Å². The number of hydrogen-bond donors (Lipinski definition) is 2. The Morgan fingerprint density at radius 1 is 1.50 bits per heavy atom. The van der Waals surface area contributed by atoms with E-state index in [1.54, 1.807) is 6.20 Å². The monoisotopic (exact) mass is 322 g/mol. The van der Waals surface area contributed by atoms with Crippen molar-refractivity contribution in [1.29, 1.82) is 0 Å². The highest BCUT2D eigenvalue weighted by Gasteiger charge is 2.22. The predicted molar refractivity (Wildman–Crippen MR) is 93.5 cm³/mol. The number of aromatic nitrogens is 1. The normalized spacial score (nSPS) is 18.1. The van der Waals surface area contributed by atoms with Gasteiger partial charge in [0.25, 0.3) is 0 Å². The number of urea groups is 1. The van der Waals surface area contributed by atoms with Crippen molar-refractivity contribution in [3.05, 3.63) is 24.0 Å². The highest BCUT2D eigenvalue weighted by atomic mass is 32.2. The van der Waals surface area contributed by atoms with Crippen LogP contribution in [0.25, 0.3) is 0 Å². The zero-order valence-corrected chi connectivity index (χ0v) is 14.3. The van der Waals surface area contributed by atoms with Crippen LogP contribution >= 0.6 is 11.8 Å².